The van der Waals surface area contributed by atoms with Crippen molar-refractivity contribution in [3.63, 3.8) is 0 Å². The first kappa shape index (κ1) is 14.2. The van der Waals surface area contributed by atoms with Crippen LogP contribution < -0.4 is 5.32 Å². The fourth-order valence-corrected chi connectivity index (χ4v) is 1.69. The highest BCUT2D eigenvalue weighted by Gasteiger charge is 2.16. The number of anilines is 1. The van der Waals surface area contributed by atoms with E-state index in [-0.39, 0.29) is 23.8 Å². The smallest absolute Gasteiger partial charge is 0.298 e. The summed E-state index contributed by atoms with van der Waals surface area (Å²) in [6.07, 6.45) is 0.709. The van der Waals surface area contributed by atoms with Crippen molar-refractivity contribution in [1.29, 1.82) is 0 Å². The van der Waals surface area contributed by atoms with E-state index in [4.69, 9.17) is 14.3 Å². The van der Waals surface area contributed by atoms with Gasteiger partial charge in [-0.3, -0.25) is 10.1 Å². The van der Waals surface area contributed by atoms with E-state index < -0.39 is 4.92 Å². The Labute approximate surface area is 114 Å². The van der Waals surface area contributed by atoms with Gasteiger partial charge in [-0.05, 0) is 12.5 Å². The minimum absolute atomic E-state index is 0.00221. The van der Waals surface area contributed by atoms with E-state index in [1.807, 2.05) is 0 Å². The normalized spacial score (nSPS) is 10.8. The molecule has 0 atom stereocenters. The number of aromatic nitrogens is 1. The minimum atomic E-state index is -0.489. The van der Waals surface area contributed by atoms with Crippen molar-refractivity contribution in [2.24, 2.45) is 0 Å². The number of aliphatic hydroxyl groups excluding tert-OH is 1. The molecule has 1 aromatic carbocycles. The number of aliphatic hydroxyl groups is 1. The molecule has 0 amide bonds. The lowest BCUT2D eigenvalue weighted by molar-refractivity contribution is -0.383. The molecule has 0 aliphatic heterocycles. The molecule has 8 nitrogen and oxygen atoms in total. The summed E-state index contributed by atoms with van der Waals surface area (Å²) in [5, 5.41) is 22.3. The van der Waals surface area contributed by atoms with Crippen LogP contribution in [0.25, 0.3) is 11.1 Å². The van der Waals surface area contributed by atoms with Crippen molar-refractivity contribution in [3.05, 3.63) is 28.3 Å². The van der Waals surface area contributed by atoms with Crippen LogP contribution >= 0.6 is 0 Å². The Kier molecular flexibility index (Phi) is 4.85. The molecule has 0 aliphatic rings. The largest absolute Gasteiger partial charge is 0.423 e. The molecule has 8 heteroatoms. The summed E-state index contributed by atoms with van der Waals surface area (Å²) in [7, 11) is 0. The van der Waals surface area contributed by atoms with Gasteiger partial charge in [-0.2, -0.15) is 4.98 Å². The van der Waals surface area contributed by atoms with Crippen LogP contribution in [0, 0.1) is 10.1 Å². The first-order chi connectivity index (χ1) is 9.72. The molecule has 2 N–H and O–H groups in total. The predicted octanol–water partition coefficient (Wildman–Crippen LogP) is 1.55. The molecule has 1 heterocycles. The van der Waals surface area contributed by atoms with Crippen molar-refractivity contribution in [1.82, 2.24) is 4.98 Å². The van der Waals surface area contributed by atoms with Gasteiger partial charge in [0.1, 0.15) is 0 Å². The number of nitro benzene ring substituents is 1. The van der Waals surface area contributed by atoms with Gasteiger partial charge in [0.15, 0.2) is 11.1 Å². The summed E-state index contributed by atoms with van der Waals surface area (Å²) in [4.78, 5) is 14.4. The number of ether oxygens (including phenoxy) is 1. The second-order valence-electron chi connectivity index (χ2n) is 4.02. The molecule has 108 valence electrons. The molecule has 1 aromatic heterocycles. The van der Waals surface area contributed by atoms with E-state index in [1.54, 1.807) is 12.1 Å². The maximum absolute atomic E-state index is 10.9. The van der Waals surface area contributed by atoms with Crippen molar-refractivity contribution >= 4 is 22.8 Å². The van der Waals surface area contributed by atoms with E-state index in [0.717, 1.165) is 0 Å². The van der Waals surface area contributed by atoms with Gasteiger partial charge < -0.3 is 19.6 Å². The average molecular weight is 281 g/mol. The standard InChI is InChI=1S/C12H15N3O5/c16-6-8-19-7-2-5-13-12-14-11-9(15(17)18)3-1-4-10(11)20-12/h1,3-4,16H,2,5-8H2,(H,13,14). The molecular weight excluding hydrogens is 266 g/mol. The number of non-ortho nitro benzene ring substituents is 1. The summed E-state index contributed by atoms with van der Waals surface area (Å²) >= 11 is 0. The van der Waals surface area contributed by atoms with Crippen molar-refractivity contribution in [2.45, 2.75) is 6.42 Å². The monoisotopic (exact) mass is 281 g/mol. The Bertz CT molecular complexity index is 583. The molecule has 0 aliphatic carbocycles. The van der Waals surface area contributed by atoms with Crippen LogP contribution in [0.1, 0.15) is 6.42 Å². The van der Waals surface area contributed by atoms with Gasteiger partial charge in [0.25, 0.3) is 11.7 Å². The number of rotatable bonds is 8. The number of nitrogens with one attached hydrogen (secondary N) is 1. The number of hydrogen-bond donors (Lipinski definition) is 2. The van der Waals surface area contributed by atoms with E-state index in [0.29, 0.717) is 31.8 Å². The van der Waals surface area contributed by atoms with E-state index >= 15 is 0 Å². The van der Waals surface area contributed by atoms with E-state index in [9.17, 15) is 10.1 Å². The zero-order valence-electron chi connectivity index (χ0n) is 10.7. The van der Waals surface area contributed by atoms with Gasteiger partial charge in [0.05, 0.1) is 18.1 Å². The molecule has 0 bridgehead atoms. The third kappa shape index (κ3) is 3.43. The number of hydrogen-bond acceptors (Lipinski definition) is 7. The van der Waals surface area contributed by atoms with Gasteiger partial charge in [-0.1, -0.05) is 6.07 Å². The molecule has 2 rings (SSSR count). The Balaban J connectivity index is 1.95. The number of benzene rings is 1. The zero-order valence-corrected chi connectivity index (χ0v) is 10.7. The first-order valence-corrected chi connectivity index (χ1v) is 6.19. The van der Waals surface area contributed by atoms with Crippen LogP contribution in [0.5, 0.6) is 0 Å². The number of nitrogens with zero attached hydrogens (tertiary/aromatic N) is 2. The third-order valence-electron chi connectivity index (χ3n) is 2.57. The van der Waals surface area contributed by atoms with Crippen LogP contribution in [-0.4, -0.2) is 41.4 Å². The maximum Gasteiger partial charge on any atom is 0.298 e. The van der Waals surface area contributed by atoms with Crippen molar-refractivity contribution < 1.29 is 19.2 Å². The van der Waals surface area contributed by atoms with Crippen LogP contribution in [-0.2, 0) is 4.74 Å². The van der Waals surface area contributed by atoms with Gasteiger partial charge >= 0.3 is 0 Å². The second-order valence-corrected chi connectivity index (χ2v) is 4.02. The highest BCUT2D eigenvalue weighted by molar-refractivity contribution is 5.83. The lowest BCUT2D eigenvalue weighted by Gasteiger charge is -2.02. The number of oxazole rings is 1. The molecule has 0 radical (unpaired) electrons. The number of para-hydroxylation sites is 1. The molecule has 2 aromatic rings. The SMILES string of the molecule is O=[N+]([O-])c1cccc2oc(NCCCOCCO)nc12. The second kappa shape index (κ2) is 6.83. The van der Waals surface area contributed by atoms with E-state index in [1.165, 1.54) is 6.07 Å². The minimum Gasteiger partial charge on any atom is -0.423 e. The van der Waals surface area contributed by atoms with E-state index in [2.05, 4.69) is 10.3 Å². The highest BCUT2D eigenvalue weighted by atomic mass is 16.6. The van der Waals surface area contributed by atoms with Gasteiger partial charge in [-0.15, -0.1) is 0 Å². The van der Waals surface area contributed by atoms with Crippen LogP contribution in [0.2, 0.25) is 0 Å². The first-order valence-electron chi connectivity index (χ1n) is 6.19. The topological polar surface area (TPSA) is 111 Å². The van der Waals surface area contributed by atoms with Gasteiger partial charge in [0.2, 0.25) is 0 Å². The number of fused-ring (bicyclic) bond motifs is 1. The highest BCUT2D eigenvalue weighted by Crippen LogP contribution is 2.27. The zero-order chi connectivity index (χ0) is 14.4. The van der Waals surface area contributed by atoms with Crippen LogP contribution in [0.3, 0.4) is 0 Å². The summed E-state index contributed by atoms with van der Waals surface area (Å²) in [6, 6.07) is 4.82. The predicted molar refractivity (Wildman–Crippen MR) is 71.7 cm³/mol. The summed E-state index contributed by atoms with van der Waals surface area (Å²) in [6.45, 7) is 1.39. The fraction of sp³-hybridized carbons (Fsp3) is 0.417. The maximum atomic E-state index is 10.9. The molecule has 0 saturated carbocycles. The van der Waals surface area contributed by atoms with Gasteiger partial charge in [0, 0.05) is 19.2 Å². The van der Waals surface area contributed by atoms with Crippen LogP contribution in [0.4, 0.5) is 11.7 Å². The lowest BCUT2D eigenvalue weighted by Crippen LogP contribution is -2.07. The fourth-order valence-electron chi connectivity index (χ4n) is 1.69. The Morgan fingerprint density at radius 3 is 3.05 bits per heavy atom. The Morgan fingerprint density at radius 2 is 2.30 bits per heavy atom. The van der Waals surface area contributed by atoms with Gasteiger partial charge in [-0.25, -0.2) is 0 Å². The molecule has 0 saturated heterocycles. The Hall–Kier alpha value is -2.19. The molecular formula is C12H15N3O5. The quantitative estimate of drug-likeness (QED) is 0.429. The van der Waals surface area contributed by atoms with Crippen molar-refractivity contribution in [3.8, 4) is 0 Å². The Morgan fingerprint density at radius 1 is 1.45 bits per heavy atom. The summed E-state index contributed by atoms with van der Waals surface area (Å²) in [5.74, 6) is 0. The van der Waals surface area contributed by atoms with Crippen LogP contribution in [0.15, 0.2) is 22.6 Å². The summed E-state index contributed by atoms with van der Waals surface area (Å²) < 4.78 is 10.5. The number of nitro groups is 1. The molecule has 0 unspecified atom stereocenters. The lowest BCUT2D eigenvalue weighted by atomic mass is 10.3. The summed E-state index contributed by atoms with van der Waals surface area (Å²) in [5.41, 5.74) is 0.528. The average Bonchev–Trinajstić information content (AvgIpc) is 2.84. The molecule has 0 spiro atoms. The third-order valence-corrected chi connectivity index (χ3v) is 2.57. The molecule has 0 fully saturated rings. The van der Waals surface area contributed by atoms with Crippen molar-refractivity contribution in [2.75, 3.05) is 31.7 Å². The molecule has 20 heavy (non-hydrogen) atoms.